The lowest BCUT2D eigenvalue weighted by molar-refractivity contribution is 0.0968. The molecule has 2 aromatic rings. The maximum Gasteiger partial charge on any atom is 0.265 e. The molecular formula is C17H18FN3O2. The fourth-order valence-corrected chi connectivity index (χ4v) is 3.38. The molecule has 0 aliphatic carbocycles. The average Bonchev–Trinajstić information content (AvgIpc) is 2.98. The van der Waals surface area contributed by atoms with Gasteiger partial charge in [0.15, 0.2) is 0 Å². The van der Waals surface area contributed by atoms with Crippen LogP contribution in [0.25, 0.3) is 0 Å². The number of hydrogen-bond acceptors (Lipinski definition) is 3. The number of aromatic nitrogens is 2. The van der Waals surface area contributed by atoms with Crippen molar-refractivity contribution in [2.24, 2.45) is 0 Å². The third-order valence-electron chi connectivity index (χ3n) is 4.57. The predicted octanol–water partition coefficient (Wildman–Crippen LogP) is 2.79. The number of benzene rings is 1. The molecule has 1 atom stereocenters. The lowest BCUT2D eigenvalue weighted by Crippen LogP contribution is -2.42. The Balaban J connectivity index is 1.75. The van der Waals surface area contributed by atoms with Gasteiger partial charge in [0, 0.05) is 24.7 Å². The predicted molar refractivity (Wildman–Crippen MR) is 83.3 cm³/mol. The van der Waals surface area contributed by atoms with Crippen LogP contribution in [-0.4, -0.2) is 28.3 Å². The van der Waals surface area contributed by atoms with Gasteiger partial charge >= 0.3 is 0 Å². The molecule has 1 aromatic carbocycles. The number of fused-ring (bicyclic) bond motifs is 2. The summed E-state index contributed by atoms with van der Waals surface area (Å²) in [6.07, 6.45) is 4.06. The van der Waals surface area contributed by atoms with E-state index in [0.717, 1.165) is 37.1 Å². The molecule has 120 valence electrons. The molecule has 23 heavy (non-hydrogen) atoms. The summed E-state index contributed by atoms with van der Waals surface area (Å²) in [5.41, 5.74) is 2.14. The zero-order valence-corrected chi connectivity index (χ0v) is 13.0. The highest BCUT2D eigenvalue weighted by molar-refractivity contribution is 6.08. The van der Waals surface area contributed by atoms with Crippen LogP contribution >= 0.6 is 0 Å². The molecule has 1 aromatic heterocycles. The maximum atomic E-state index is 13.5. The van der Waals surface area contributed by atoms with Crippen molar-refractivity contribution in [3.8, 4) is 5.88 Å². The Morgan fingerprint density at radius 1 is 1.43 bits per heavy atom. The third-order valence-corrected chi connectivity index (χ3v) is 4.57. The third kappa shape index (κ3) is 2.29. The Morgan fingerprint density at radius 2 is 2.30 bits per heavy atom. The highest BCUT2D eigenvalue weighted by Gasteiger charge is 2.32. The summed E-state index contributed by atoms with van der Waals surface area (Å²) in [6, 6.07) is 4.67. The molecule has 0 N–H and O–H groups in total. The molecule has 4 rings (SSSR count). The maximum absolute atomic E-state index is 13.5. The summed E-state index contributed by atoms with van der Waals surface area (Å²) in [6.45, 7) is 3.38. The van der Waals surface area contributed by atoms with Gasteiger partial charge < -0.3 is 9.64 Å². The monoisotopic (exact) mass is 315 g/mol. The van der Waals surface area contributed by atoms with Gasteiger partial charge in [0.1, 0.15) is 11.4 Å². The average molecular weight is 315 g/mol. The lowest BCUT2D eigenvalue weighted by Gasteiger charge is -2.35. The van der Waals surface area contributed by atoms with E-state index in [-0.39, 0.29) is 17.8 Å². The van der Waals surface area contributed by atoms with Crippen LogP contribution in [0, 0.1) is 5.82 Å². The smallest absolute Gasteiger partial charge is 0.265 e. The molecule has 0 spiro atoms. The van der Waals surface area contributed by atoms with Crippen molar-refractivity contribution < 1.29 is 13.9 Å². The first-order valence-corrected chi connectivity index (χ1v) is 7.96. The van der Waals surface area contributed by atoms with E-state index in [1.807, 2.05) is 6.92 Å². The van der Waals surface area contributed by atoms with Crippen LogP contribution in [0.4, 0.5) is 10.1 Å². The molecule has 5 nitrogen and oxygen atoms in total. The molecule has 1 amide bonds. The van der Waals surface area contributed by atoms with Crippen molar-refractivity contribution in [2.75, 3.05) is 11.5 Å². The van der Waals surface area contributed by atoms with Crippen molar-refractivity contribution in [1.82, 2.24) is 9.78 Å². The summed E-state index contributed by atoms with van der Waals surface area (Å²) in [5, 5.41) is 4.25. The van der Waals surface area contributed by atoms with Crippen molar-refractivity contribution in [1.29, 1.82) is 0 Å². The lowest BCUT2D eigenvalue weighted by atomic mass is 9.96. The number of hydrogen-bond donors (Lipinski definition) is 0. The largest absolute Gasteiger partial charge is 0.477 e. The Labute approximate surface area is 133 Å². The second kappa shape index (κ2) is 5.37. The summed E-state index contributed by atoms with van der Waals surface area (Å²) in [5.74, 6) is 0.146. The Morgan fingerprint density at radius 3 is 3.17 bits per heavy atom. The zero-order chi connectivity index (χ0) is 16.0. The Hall–Kier alpha value is -2.37. The van der Waals surface area contributed by atoms with Crippen LogP contribution in [0.3, 0.4) is 0 Å². The van der Waals surface area contributed by atoms with Gasteiger partial charge in [0.2, 0.25) is 5.88 Å². The minimum absolute atomic E-state index is 0.0552. The van der Waals surface area contributed by atoms with E-state index < -0.39 is 0 Å². The first-order chi connectivity index (χ1) is 11.1. The van der Waals surface area contributed by atoms with Crippen LogP contribution in [0.2, 0.25) is 0 Å². The fourth-order valence-electron chi connectivity index (χ4n) is 3.38. The van der Waals surface area contributed by atoms with Crippen LogP contribution in [-0.2, 0) is 13.0 Å². The van der Waals surface area contributed by atoms with E-state index in [4.69, 9.17) is 4.74 Å². The molecule has 0 radical (unpaired) electrons. The van der Waals surface area contributed by atoms with E-state index in [2.05, 4.69) is 5.10 Å². The number of carbonyl (C=O) groups is 1. The SMILES string of the molecule is CC1CCc2cc(F)ccc2N1C(=O)c1cnn2c1OCCC2. The molecule has 0 saturated carbocycles. The van der Waals surface area contributed by atoms with Gasteiger partial charge in [0.25, 0.3) is 5.91 Å². The van der Waals surface area contributed by atoms with Gasteiger partial charge in [-0.15, -0.1) is 0 Å². The Kier molecular flexibility index (Phi) is 3.32. The van der Waals surface area contributed by atoms with Gasteiger partial charge in [-0.1, -0.05) is 0 Å². The van der Waals surface area contributed by atoms with Crippen molar-refractivity contribution in [3.63, 3.8) is 0 Å². The first kappa shape index (κ1) is 14.2. The zero-order valence-electron chi connectivity index (χ0n) is 13.0. The van der Waals surface area contributed by atoms with Crippen molar-refractivity contribution in [2.45, 2.75) is 38.8 Å². The number of ether oxygens (including phenoxy) is 1. The minimum atomic E-state index is -0.267. The number of amides is 1. The van der Waals surface area contributed by atoms with Crippen molar-refractivity contribution >= 4 is 11.6 Å². The highest BCUT2D eigenvalue weighted by Crippen LogP contribution is 2.34. The number of aryl methyl sites for hydroxylation is 2. The topological polar surface area (TPSA) is 47.4 Å². The standard InChI is InChI=1S/C17H18FN3O2/c1-11-3-4-12-9-13(18)5-6-15(12)21(11)16(22)14-10-19-20-7-2-8-23-17(14)20/h5-6,9-11H,2-4,7-8H2,1H3. The van der Waals surface area contributed by atoms with Crippen LogP contribution < -0.4 is 9.64 Å². The Bertz CT molecular complexity index is 771. The molecule has 0 saturated heterocycles. The highest BCUT2D eigenvalue weighted by atomic mass is 19.1. The summed E-state index contributed by atoms with van der Waals surface area (Å²) in [4.78, 5) is 14.8. The van der Waals surface area contributed by atoms with Gasteiger partial charge in [0.05, 0.1) is 12.8 Å². The second-order valence-electron chi connectivity index (χ2n) is 6.12. The van der Waals surface area contributed by atoms with Gasteiger partial charge in [-0.2, -0.15) is 5.10 Å². The normalized spacial score (nSPS) is 19.7. The van der Waals surface area contributed by atoms with Crippen LogP contribution in [0.5, 0.6) is 5.88 Å². The number of nitrogens with zero attached hydrogens (tertiary/aromatic N) is 3. The molecule has 0 bridgehead atoms. The van der Waals surface area contributed by atoms with Crippen molar-refractivity contribution in [3.05, 3.63) is 41.3 Å². The number of anilines is 1. The summed E-state index contributed by atoms with van der Waals surface area (Å²) in [7, 11) is 0. The quantitative estimate of drug-likeness (QED) is 0.813. The number of rotatable bonds is 1. The van der Waals surface area contributed by atoms with Crippen LogP contribution in [0.15, 0.2) is 24.4 Å². The summed E-state index contributed by atoms with van der Waals surface area (Å²) >= 11 is 0. The van der Waals surface area contributed by atoms with E-state index in [0.29, 0.717) is 18.1 Å². The molecule has 2 aliphatic rings. The van der Waals surface area contributed by atoms with E-state index in [1.165, 1.54) is 12.1 Å². The first-order valence-electron chi connectivity index (χ1n) is 7.96. The molecule has 6 heteroatoms. The number of halogens is 1. The van der Waals surface area contributed by atoms with E-state index >= 15 is 0 Å². The fraction of sp³-hybridized carbons (Fsp3) is 0.412. The number of carbonyl (C=O) groups excluding carboxylic acids is 1. The molecule has 1 unspecified atom stereocenters. The van der Waals surface area contributed by atoms with E-state index in [1.54, 1.807) is 21.8 Å². The molecule has 2 aliphatic heterocycles. The summed E-state index contributed by atoms with van der Waals surface area (Å²) < 4.78 is 20.9. The van der Waals surface area contributed by atoms with Gasteiger partial charge in [-0.05, 0) is 43.5 Å². The molecular weight excluding hydrogens is 297 g/mol. The van der Waals surface area contributed by atoms with Gasteiger partial charge in [-0.3, -0.25) is 4.79 Å². The van der Waals surface area contributed by atoms with E-state index in [9.17, 15) is 9.18 Å². The second-order valence-corrected chi connectivity index (χ2v) is 6.12. The van der Waals surface area contributed by atoms with Gasteiger partial charge in [-0.25, -0.2) is 9.07 Å². The minimum Gasteiger partial charge on any atom is -0.477 e. The molecule has 0 fully saturated rings. The van der Waals surface area contributed by atoms with Crippen LogP contribution in [0.1, 0.15) is 35.7 Å². The molecule has 3 heterocycles.